The van der Waals surface area contributed by atoms with Crippen molar-refractivity contribution in [1.82, 2.24) is 4.90 Å². The zero-order chi connectivity index (χ0) is 22.6. The minimum absolute atomic E-state index is 0.0947. The van der Waals surface area contributed by atoms with Crippen LogP contribution in [0, 0.1) is 12.8 Å². The Bertz CT molecular complexity index is 916. The van der Waals surface area contributed by atoms with Crippen LogP contribution in [0.3, 0.4) is 0 Å². The van der Waals surface area contributed by atoms with Crippen molar-refractivity contribution >= 4 is 33.6 Å². The fourth-order valence-electron chi connectivity index (χ4n) is 3.73. The maximum absolute atomic E-state index is 13.6. The van der Waals surface area contributed by atoms with E-state index in [1.807, 2.05) is 81.1 Å². The molecule has 31 heavy (non-hydrogen) atoms. The second-order valence-corrected chi connectivity index (χ2v) is 9.96. The number of likely N-dealkylation sites (tertiary alicyclic amines) is 1. The molecule has 1 aliphatic rings. The summed E-state index contributed by atoms with van der Waals surface area (Å²) in [6.07, 6.45) is 0.959. The average molecular weight is 487 g/mol. The lowest BCUT2D eigenvalue weighted by atomic mass is 9.95. The maximum Gasteiger partial charge on any atom is 0.410 e. The Balaban J connectivity index is 1.75. The summed E-state index contributed by atoms with van der Waals surface area (Å²) in [5.74, 6) is -0.0344. The number of hydrogen-bond donors (Lipinski definition) is 0. The first kappa shape index (κ1) is 23.3. The lowest BCUT2D eigenvalue weighted by Gasteiger charge is -2.35. The van der Waals surface area contributed by atoms with Crippen LogP contribution in [0.1, 0.15) is 44.7 Å². The molecular formula is C25H31BrN2O3. The van der Waals surface area contributed by atoms with E-state index < -0.39 is 5.60 Å². The van der Waals surface area contributed by atoms with Gasteiger partial charge in [-0.2, -0.15) is 0 Å². The third-order valence-electron chi connectivity index (χ3n) is 5.34. The van der Waals surface area contributed by atoms with E-state index in [2.05, 4.69) is 15.9 Å². The number of carbonyl (C=O) groups excluding carboxylic acids is 2. The Morgan fingerprint density at radius 2 is 1.74 bits per heavy atom. The van der Waals surface area contributed by atoms with Gasteiger partial charge in [-0.3, -0.25) is 4.79 Å². The van der Waals surface area contributed by atoms with Gasteiger partial charge in [0, 0.05) is 23.5 Å². The lowest BCUT2D eigenvalue weighted by Crippen LogP contribution is -2.45. The Morgan fingerprint density at radius 3 is 2.32 bits per heavy atom. The molecule has 166 valence electrons. The largest absolute Gasteiger partial charge is 0.444 e. The van der Waals surface area contributed by atoms with Gasteiger partial charge in [-0.25, -0.2) is 4.79 Å². The summed E-state index contributed by atoms with van der Waals surface area (Å²) in [5, 5.41) is 0. The molecule has 2 aromatic carbocycles. The number of benzene rings is 2. The monoisotopic (exact) mass is 486 g/mol. The third kappa shape index (κ3) is 6.33. The van der Waals surface area contributed by atoms with Crippen LogP contribution in [0.4, 0.5) is 10.5 Å². The fourth-order valence-corrected chi connectivity index (χ4v) is 4.44. The normalized spacial score (nSPS) is 14.9. The highest BCUT2D eigenvalue weighted by molar-refractivity contribution is 9.10. The van der Waals surface area contributed by atoms with Crippen LogP contribution in [0.5, 0.6) is 0 Å². The third-order valence-corrected chi connectivity index (χ3v) is 5.97. The van der Waals surface area contributed by atoms with Gasteiger partial charge in [0.15, 0.2) is 0 Å². The van der Waals surface area contributed by atoms with Crippen molar-refractivity contribution in [2.24, 2.45) is 5.92 Å². The van der Waals surface area contributed by atoms with Crippen molar-refractivity contribution in [1.29, 1.82) is 0 Å². The van der Waals surface area contributed by atoms with Crippen LogP contribution in [-0.2, 0) is 16.1 Å². The van der Waals surface area contributed by atoms with Crippen LogP contribution in [0.25, 0.3) is 0 Å². The summed E-state index contributed by atoms with van der Waals surface area (Å²) in [5.41, 5.74) is 2.56. The molecule has 0 spiro atoms. The van der Waals surface area contributed by atoms with Crippen molar-refractivity contribution in [3.63, 3.8) is 0 Å². The van der Waals surface area contributed by atoms with E-state index in [0.29, 0.717) is 32.5 Å². The molecule has 0 bridgehead atoms. The minimum Gasteiger partial charge on any atom is -0.444 e. The van der Waals surface area contributed by atoms with Gasteiger partial charge in [0.25, 0.3) is 0 Å². The predicted molar refractivity (Wildman–Crippen MR) is 127 cm³/mol. The Kier molecular flexibility index (Phi) is 7.42. The SMILES string of the molecule is Cc1ccc(N(Cc2ccccc2)C(=O)C2CCN(C(=O)OC(C)(C)C)CC2)c(Br)c1. The number of rotatable bonds is 4. The van der Waals surface area contributed by atoms with Gasteiger partial charge in [-0.05, 0) is 79.7 Å². The highest BCUT2D eigenvalue weighted by Gasteiger charge is 2.33. The van der Waals surface area contributed by atoms with Crippen molar-refractivity contribution in [2.75, 3.05) is 18.0 Å². The van der Waals surface area contributed by atoms with Crippen molar-refractivity contribution < 1.29 is 14.3 Å². The molecule has 1 heterocycles. The second kappa shape index (κ2) is 9.86. The number of anilines is 1. The van der Waals surface area contributed by atoms with Crippen LogP contribution < -0.4 is 4.90 Å². The molecule has 0 radical (unpaired) electrons. The Morgan fingerprint density at radius 1 is 1.10 bits per heavy atom. The van der Waals surface area contributed by atoms with Gasteiger partial charge >= 0.3 is 6.09 Å². The predicted octanol–water partition coefficient (Wildman–Crippen LogP) is 5.94. The highest BCUT2D eigenvalue weighted by atomic mass is 79.9. The molecule has 1 saturated heterocycles. The number of carbonyl (C=O) groups is 2. The standard InChI is InChI=1S/C25H31BrN2O3/c1-18-10-11-22(21(26)16-18)28(17-19-8-6-5-7-9-19)23(29)20-12-14-27(15-13-20)24(30)31-25(2,3)4/h5-11,16,20H,12-15,17H2,1-4H3. The lowest BCUT2D eigenvalue weighted by molar-refractivity contribution is -0.124. The number of ether oxygens (including phenoxy) is 1. The first-order valence-corrected chi connectivity index (χ1v) is 11.5. The number of aryl methyl sites for hydroxylation is 1. The van der Waals surface area contributed by atoms with Crippen LogP contribution in [0.15, 0.2) is 53.0 Å². The molecule has 1 aliphatic heterocycles. The van der Waals surface area contributed by atoms with Gasteiger partial charge < -0.3 is 14.5 Å². The molecule has 2 amide bonds. The van der Waals surface area contributed by atoms with Crippen LogP contribution in [0.2, 0.25) is 0 Å². The van der Waals surface area contributed by atoms with Gasteiger partial charge in [0.2, 0.25) is 5.91 Å². The number of amides is 2. The molecule has 0 aliphatic carbocycles. The Hall–Kier alpha value is -2.34. The molecule has 1 fully saturated rings. The summed E-state index contributed by atoms with van der Waals surface area (Å²) in [7, 11) is 0. The summed E-state index contributed by atoms with van der Waals surface area (Å²) < 4.78 is 6.39. The van der Waals surface area contributed by atoms with Crippen LogP contribution >= 0.6 is 15.9 Å². The first-order chi connectivity index (χ1) is 14.6. The molecule has 3 rings (SSSR count). The van der Waals surface area contributed by atoms with E-state index in [0.717, 1.165) is 21.3 Å². The van der Waals surface area contributed by atoms with E-state index in [1.165, 1.54) is 0 Å². The fraction of sp³-hybridized carbons (Fsp3) is 0.440. The number of piperidine rings is 1. The van der Waals surface area contributed by atoms with E-state index in [9.17, 15) is 9.59 Å². The molecule has 2 aromatic rings. The highest BCUT2D eigenvalue weighted by Crippen LogP contribution is 2.32. The summed E-state index contributed by atoms with van der Waals surface area (Å²) in [6.45, 7) is 9.18. The maximum atomic E-state index is 13.6. The average Bonchev–Trinajstić information content (AvgIpc) is 2.72. The molecule has 0 aromatic heterocycles. The summed E-state index contributed by atoms with van der Waals surface area (Å²) >= 11 is 3.65. The van der Waals surface area contributed by atoms with Gasteiger partial charge in [-0.15, -0.1) is 0 Å². The summed E-state index contributed by atoms with van der Waals surface area (Å²) in [6, 6.07) is 16.1. The van der Waals surface area contributed by atoms with Crippen molar-refractivity contribution in [3.05, 3.63) is 64.1 Å². The zero-order valence-electron chi connectivity index (χ0n) is 18.7. The smallest absolute Gasteiger partial charge is 0.410 e. The number of nitrogens with zero attached hydrogens (tertiary/aromatic N) is 2. The minimum atomic E-state index is -0.520. The second-order valence-electron chi connectivity index (χ2n) is 9.11. The number of halogens is 1. The van der Waals surface area contributed by atoms with Crippen LogP contribution in [-0.4, -0.2) is 35.6 Å². The molecule has 0 unspecified atom stereocenters. The van der Waals surface area contributed by atoms with E-state index in [4.69, 9.17) is 4.74 Å². The zero-order valence-corrected chi connectivity index (χ0v) is 20.3. The van der Waals surface area contributed by atoms with Crippen molar-refractivity contribution in [3.8, 4) is 0 Å². The molecule has 6 heteroatoms. The molecule has 5 nitrogen and oxygen atoms in total. The molecule has 0 atom stereocenters. The van der Waals surface area contributed by atoms with Gasteiger partial charge in [0.1, 0.15) is 5.60 Å². The van der Waals surface area contributed by atoms with E-state index >= 15 is 0 Å². The summed E-state index contributed by atoms with van der Waals surface area (Å²) in [4.78, 5) is 29.6. The van der Waals surface area contributed by atoms with Gasteiger partial charge in [-0.1, -0.05) is 36.4 Å². The van der Waals surface area contributed by atoms with E-state index in [1.54, 1.807) is 4.90 Å². The van der Waals surface area contributed by atoms with E-state index in [-0.39, 0.29) is 17.9 Å². The van der Waals surface area contributed by atoms with Gasteiger partial charge in [0.05, 0.1) is 12.2 Å². The molecular weight excluding hydrogens is 456 g/mol. The Labute approximate surface area is 193 Å². The first-order valence-electron chi connectivity index (χ1n) is 10.7. The molecule has 0 N–H and O–H groups in total. The molecule has 0 saturated carbocycles. The number of hydrogen-bond acceptors (Lipinski definition) is 3. The van der Waals surface area contributed by atoms with Crippen molar-refractivity contribution in [2.45, 2.75) is 52.7 Å². The topological polar surface area (TPSA) is 49.9 Å². The quantitative estimate of drug-likeness (QED) is 0.537.